The Labute approximate surface area is 94.1 Å². The summed E-state index contributed by atoms with van der Waals surface area (Å²) >= 11 is 1.62. The monoisotopic (exact) mass is 227 g/mol. The largest absolute Gasteiger partial charge is 0.356 e. The summed E-state index contributed by atoms with van der Waals surface area (Å²) in [7, 11) is 0. The zero-order chi connectivity index (χ0) is 11.4. The Kier molecular flexibility index (Phi) is 4.20. The molecule has 5 heteroatoms. The third-order valence-corrected chi connectivity index (χ3v) is 3.21. The predicted octanol–water partition coefficient (Wildman–Crippen LogP) is 1.65. The fourth-order valence-electron chi connectivity index (χ4n) is 1.54. The standard InChI is InChI=1S/C10H17N3OS/c1-5-13(6-2)9-8(15-4)7(3)11-10(14)12-9/h5-6H2,1-4H3,(H,11,12,14). The van der Waals surface area contributed by atoms with Gasteiger partial charge in [-0.15, -0.1) is 11.8 Å². The number of nitrogens with one attached hydrogen (secondary N) is 1. The first-order chi connectivity index (χ1) is 7.13. The molecule has 0 aliphatic rings. The van der Waals surface area contributed by atoms with E-state index in [0.29, 0.717) is 0 Å². The Morgan fingerprint density at radius 3 is 2.47 bits per heavy atom. The zero-order valence-corrected chi connectivity index (χ0v) is 10.4. The molecule has 1 rings (SSSR count). The van der Waals surface area contributed by atoms with E-state index in [2.05, 4.69) is 28.7 Å². The predicted molar refractivity (Wildman–Crippen MR) is 64.9 cm³/mol. The fourth-order valence-corrected chi connectivity index (χ4v) is 2.26. The quantitative estimate of drug-likeness (QED) is 0.795. The number of rotatable bonds is 4. The molecule has 0 radical (unpaired) electrons. The van der Waals surface area contributed by atoms with Crippen LogP contribution < -0.4 is 10.6 Å². The van der Waals surface area contributed by atoms with Gasteiger partial charge in [-0.25, -0.2) is 4.79 Å². The summed E-state index contributed by atoms with van der Waals surface area (Å²) in [5.74, 6) is 0.800. The highest BCUT2D eigenvalue weighted by atomic mass is 32.2. The van der Waals surface area contributed by atoms with Crippen molar-refractivity contribution >= 4 is 17.6 Å². The molecule has 1 N–H and O–H groups in total. The van der Waals surface area contributed by atoms with E-state index in [1.54, 1.807) is 11.8 Å². The van der Waals surface area contributed by atoms with Crippen LogP contribution in [0.25, 0.3) is 0 Å². The zero-order valence-electron chi connectivity index (χ0n) is 9.63. The van der Waals surface area contributed by atoms with Gasteiger partial charge < -0.3 is 9.88 Å². The summed E-state index contributed by atoms with van der Waals surface area (Å²) in [4.78, 5) is 21.2. The summed E-state index contributed by atoms with van der Waals surface area (Å²) in [5, 5.41) is 0. The summed E-state index contributed by atoms with van der Waals surface area (Å²) in [6, 6.07) is 0. The molecule has 0 amide bonds. The maximum Gasteiger partial charge on any atom is 0.347 e. The van der Waals surface area contributed by atoms with Gasteiger partial charge in [0, 0.05) is 18.8 Å². The smallest absolute Gasteiger partial charge is 0.347 e. The highest BCUT2D eigenvalue weighted by Gasteiger charge is 2.13. The fraction of sp³-hybridized carbons (Fsp3) is 0.600. The SMILES string of the molecule is CCN(CC)c1nc(=O)[nH]c(C)c1SC. The molecule has 0 aliphatic carbocycles. The van der Waals surface area contributed by atoms with Gasteiger partial charge >= 0.3 is 5.69 Å². The topological polar surface area (TPSA) is 49.0 Å². The molecule has 0 spiro atoms. The van der Waals surface area contributed by atoms with Gasteiger partial charge in [0.25, 0.3) is 0 Å². The lowest BCUT2D eigenvalue weighted by molar-refractivity contribution is 0.808. The number of hydrogen-bond acceptors (Lipinski definition) is 4. The molecule has 4 nitrogen and oxygen atoms in total. The molecule has 0 fully saturated rings. The molecule has 1 aromatic rings. The van der Waals surface area contributed by atoms with Crippen molar-refractivity contribution in [3.63, 3.8) is 0 Å². The van der Waals surface area contributed by atoms with E-state index in [0.717, 1.165) is 29.5 Å². The highest BCUT2D eigenvalue weighted by molar-refractivity contribution is 7.98. The van der Waals surface area contributed by atoms with E-state index >= 15 is 0 Å². The molecule has 0 unspecified atom stereocenters. The molecule has 1 aromatic heterocycles. The van der Waals surface area contributed by atoms with Crippen LogP contribution in [0.3, 0.4) is 0 Å². The molecule has 0 atom stereocenters. The number of aromatic nitrogens is 2. The summed E-state index contributed by atoms with van der Waals surface area (Å²) in [6.07, 6.45) is 2.00. The summed E-state index contributed by atoms with van der Waals surface area (Å²) in [5.41, 5.74) is 0.622. The minimum absolute atomic E-state index is 0.271. The van der Waals surface area contributed by atoms with Crippen LogP contribution in [-0.4, -0.2) is 29.3 Å². The van der Waals surface area contributed by atoms with E-state index in [9.17, 15) is 4.79 Å². The third-order valence-electron chi connectivity index (χ3n) is 2.31. The summed E-state index contributed by atoms with van der Waals surface area (Å²) < 4.78 is 0. The molecule has 0 saturated carbocycles. The Balaban J connectivity index is 3.31. The minimum atomic E-state index is -0.271. The second-order valence-electron chi connectivity index (χ2n) is 3.20. The number of aryl methyl sites for hydroxylation is 1. The van der Waals surface area contributed by atoms with E-state index < -0.39 is 0 Å². The number of thioether (sulfide) groups is 1. The Morgan fingerprint density at radius 1 is 1.40 bits per heavy atom. The van der Waals surface area contributed by atoms with Crippen molar-refractivity contribution in [2.45, 2.75) is 25.7 Å². The van der Waals surface area contributed by atoms with Crippen molar-refractivity contribution in [3.05, 3.63) is 16.2 Å². The van der Waals surface area contributed by atoms with Crippen molar-refractivity contribution in [2.24, 2.45) is 0 Å². The van der Waals surface area contributed by atoms with Crippen LogP contribution in [0.15, 0.2) is 9.69 Å². The molecule has 15 heavy (non-hydrogen) atoms. The number of nitrogens with zero attached hydrogens (tertiary/aromatic N) is 2. The van der Waals surface area contributed by atoms with Crippen LogP contribution >= 0.6 is 11.8 Å². The average Bonchev–Trinajstić information content (AvgIpc) is 2.19. The first kappa shape index (κ1) is 12.1. The molecular formula is C10H17N3OS. The maximum atomic E-state index is 11.3. The molecule has 0 aliphatic heterocycles. The highest BCUT2D eigenvalue weighted by Crippen LogP contribution is 2.27. The van der Waals surface area contributed by atoms with Crippen molar-refractivity contribution in [1.29, 1.82) is 0 Å². The van der Waals surface area contributed by atoms with E-state index in [-0.39, 0.29) is 5.69 Å². The van der Waals surface area contributed by atoms with Gasteiger partial charge in [0.2, 0.25) is 0 Å². The van der Waals surface area contributed by atoms with E-state index in [1.807, 2.05) is 13.2 Å². The molecule has 0 bridgehead atoms. The number of anilines is 1. The molecule has 84 valence electrons. The van der Waals surface area contributed by atoms with Crippen molar-refractivity contribution < 1.29 is 0 Å². The summed E-state index contributed by atoms with van der Waals surface area (Å²) in [6.45, 7) is 7.75. The van der Waals surface area contributed by atoms with Crippen LogP contribution in [0.1, 0.15) is 19.5 Å². The second kappa shape index (κ2) is 5.21. The van der Waals surface area contributed by atoms with Gasteiger partial charge in [-0.1, -0.05) is 0 Å². The lowest BCUT2D eigenvalue weighted by atomic mass is 10.4. The van der Waals surface area contributed by atoms with Crippen LogP contribution in [-0.2, 0) is 0 Å². The Hall–Kier alpha value is -0.970. The Bertz CT molecular complexity index is 385. The molecule has 1 heterocycles. The van der Waals surface area contributed by atoms with Gasteiger partial charge in [-0.3, -0.25) is 0 Å². The van der Waals surface area contributed by atoms with Crippen LogP contribution in [0, 0.1) is 6.92 Å². The first-order valence-corrected chi connectivity index (χ1v) is 6.26. The van der Waals surface area contributed by atoms with Gasteiger partial charge in [0.1, 0.15) is 5.82 Å². The van der Waals surface area contributed by atoms with Crippen LogP contribution in [0.4, 0.5) is 5.82 Å². The van der Waals surface area contributed by atoms with Gasteiger partial charge in [-0.05, 0) is 27.0 Å². The number of H-pyrrole nitrogens is 1. The van der Waals surface area contributed by atoms with Crippen LogP contribution in [0.5, 0.6) is 0 Å². The van der Waals surface area contributed by atoms with Crippen molar-refractivity contribution in [1.82, 2.24) is 9.97 Å². The molecular weight excluding hydrogens is 210 g/mol. The molecule has 0 saturated heterocycles. The molecule has 0 aromatic carbocycles. The van der Waals surface area contributed by atoms with E-state index in [4.69, 9.17) is 0 Å². The van der Waals surface area contributed by atoms with Gasteiger partial charge in [0.15, 0.2) is 0 Å². The van der Waals surface area contributed by atoms with Gasteiger partial charge in [-0.2, -0.15) is 4.98 Å². The average molecular weight is 227 g/mol. The van der Waals surface area contributed by atoms with E-state index in [1.165, 1.54) is 0 Å². The van der Waals surface area contributed by atoms with Crippen LogP contribution in [0.2, 0.25) is 0 Å². The lowest BCUT2D eigenvalue weighted by Gasteiger charge is -2.22. The lowest BCUT2D eigenvalue weighted by Crippen LogP contribution is -2.27. The van der Waals surface area contributed by atoms with Crippen molar-refractivity contribution in [2.75, 3.05) is 24.2 Å². The maximum absolute atomic E-state index is 11.3. The first-order valence-electron chi connectivity index (χ1n) is 5.03. The van der Waals surface area contributed by atoms with Crippen molar-refractivity contribution in [3.8, 4) is 0 Å². The number of hydrogen-bond donors (Lipinski definition) is 1. The third kappa shape index (κ3) is 2.53. The Morgan fingerprint density at radius 2 is 2.00 bits per heavy atom. The van der Waals surface area contributed by atoms with Gasteiger partial charge in [0.05, 0.1) is 4.90 Å². The second-order valence-corrected chi connectivity index (χ2v) is 4.01. The minimum Gasteiger partial charge on any atom is -0.356 e. The normalized spacial score (nSPS) is 10.4. The number of aromatic amines is 1.